The molecule has 0 saturated carbocycles. The van der Waals surface area contributed by atoms with Crippen molar-refractivity contribution in [2.45, 2.75) is 6.92 Å². The Kier molecular flexibility index (Phi) is 5.79. The van der Waals surface area contributed by atoms with Crippen LogP contribution in [0.1, 0.15) is 6.92 Å². The van der Waals surface area contributed by atoms with Crippen LogP contribution in [0.5, 0.6) is 5.75 Å². The first kappa shape index (κ1) is 17.2. The Morgan fingerprint density at radius 3 is 2.72 bits per heavy atom. The highest BCUT2D eigenvalue weighted by Gasteiger charge is 2.20. The molecule has 1 aliphatic rings. The normalized spacial score (nSPS) is 15.0. The second-order valence-electron chi connectivity index (χ2n) is 5.80. The van der Waals surface area contributed by atoms with Gasteiger partial charge in [-0.3, -0.25) is 14.7 Å². The van der Waals surface area contributed by atoms with Crippen LogP contribution in [-0.4, -0.2) is 60.1 Å². The van der Waals surface area contributed by atoms with Crippen molar-refractivity contribution in [3.05, 3.63) is 42.9 Å². The molecule has 0 atom stereocenters. The van der Waals surface area contributed by atoms with Crippen molar-refractivity contribution in [2.75, 3.05) is 49.5 Å². The van der Waals surface area contributed by atoms with E-state index in [1.165, 1.54) is 0 Å². The number of para-hydroxylation sites is 2. The van der Waals surface area contributed by atoms with Gasteiger partial charge in [0.1, 0.15) is 11.6 Å². The highest BCUT2D eigenvalue weighted by Crippen LogP contribution is 2.23. The van der Waals surface area contributed by atoms with Crippen LogP contribution < -0.4 is 15.0 Å². The summed E-state index contributed by atoms with van der Waals surface area (Å²) < 4.78 is 5.54. The van der Waals surface area contributed by atoms with Gasteiger partial charge in [0, 0.05) is 38.6 Å². The second kappa shape index (κ2) is 8.43. The Hall–Kier alpha value is -2.67. The van der Waals surface area contributed by atoms with Crippen LogP contribution in [0.25, 0.3) is 0 Å². The van der Waals surface area contributed by atoms with Crippen LogP contribution in [0, 0.1) is 0 Å². The largest absolute Gasteiger partial charge is 0.492 e. The van der Waals surface area contributed by atoms with Gasteiger partial charge < -0.3 is 15.0 Å². The number of rotatable bonds is 6. The second-order valence-corrected chi connectivity index (χ2v) is 5.80. The Morgan fingerprint density at radius 1 is 1.20 bits per heavy atom. The molecule has 1 aliphatic heterocycles. The fourth-order valence-corrected chi connectivity index (χ4v) is 2.83. The number of ether oxygens (including phenoxy) is 1. The van der Waals surface area contributed by atoms with Crippen LogP contribution in [0.4, 0.5) is 11.5 Å². The Balaban J connectivity index is 1.50. The maximum atomic E-state index is 12.3. The molecule has 25 heavy (non-hydrogen) atoms. The summed E-state index contributed by atoms with van der Waals surface area (Å²) in [5.41, 5.74) is 0.715. The lowest BCUT2D eigenvalue weighted by atomic mass is 10.2. The molecule has 2 heterocycles. The Labute approximate surface area is 147 Å². The lowest BCUT2D eigenvalue weighted by Crippen LogP contribution is -2.49. The van der Waals surface area contributed by atoms with Crippen molar-refractivity contribution in [3.63, 3.8) is 0 Å². The number of carbonyl (C=O) groups is 1. The molecule has 0 aliphatic carbocycles. The molecule has 1 aromatic carbocycles. The van der Waals surface area contributed by atoms with Gasteiger partial charge in [-0.05, 0) is 19.1 Å². The molecule has 1 amide bonds. The predicted molar refractivity (Wildman–Crippen MR) is 96.9 cm³/mol. The molecule has 0 bridgehead atoms. The monoisotopic (exact) mass is 341 g/mol. The number of carbonyl (C=O) groups excluding carboxylic acids is 1. The third kappa shape index (κ3) is 4.67. The van der Waals surface area contributed by atoms with E-state index in [4.69, 9.17) is 4.74 Å². The van der Waals surface area contributed by atoms with E-state index in [-0.39, 0.29) is 5.91 Å². The first-order valence-corrected chi connectivity index (χ1v) is 8.51. The minimum atomic E-state index is -0.0277. The zero-order valence-electron chi connectivity index (χ0n) is 14.4. The fourth-order valence-electron chi connectivity index (χ4n) is 2.83. The Bertz CT molecular complexity index is 687. The summed E-state index contributed by atoms with van der Waals surface area (Å²) in [7, 11) is 0. The standard InChI is InChI=1S/C18H23N5O2/c1-2-25-16-6-4-3-5-15(16)21-18(24)14-22-9-11-23(12-10-22)17-13-19-7-8-20-17/h3-8,13H,2,9-12,14H2,1H3,(H,21,24). The summed E-state index contributed by atoms with van der Waals surface area (Å²) in [5, 5.41) is 2.94. The summed E-state index contributed by atoms with van der Waals surface area (Å²) in [4.78, 5) is 25.1. The molecule has 1 fully saturated rings. The van der Waals surface area contributed by atoms with Crippen LogP contribution in [0.3, 0.4) is 0 Å². The number of benzene rings is 1. The predicted octanol–water partition coefficient (Wildman–Crippen LogP) is 1.64. The molecule has 132 valence electrons. The molecule has 0 radical (unpaired) electrons. The summed E-state index contributed by atoms with van der Waals surface area (Å²) in [6, 6.07) is 7.50. The number of aromatic nitrogens is 2. The SMILES string of the molecule is CCOc1ccccc1NC(=O)CN1CCN(c2cnccn2)CC1. The number of anilines is 2. The lowest BCUT2D eigenvalue weighted by Gasteiger charge is -2.34. The quantitative estimate of drug-likeness (QED) is 0.861. The molecule has 1 aromatic heterocycles. The van der Waals surface area contributed by atoms with Crippen molar-refractivity contribution in [1.29, 1.82) is 0 Å². The van der Waals surface area contributed by atoms with Crippen LogP contribution in [0.15, 0.2) is 42.9 Å². The van der Waals surface area contributed by atoms with Gasteiger partial charge in [0.05, 0.1) is 25.0 Å². The van der Waals surface area contributed by atoms with Crippen molar-refractivity contribution in [1.82, 2.24) is 14.9 Å². The van der Waals surface area contributed by atoms with E-state index in [0.29, 0.717) is 24.6 Å². The summed E-state index contributed by atoms with van der Waals surface area (Å²) >= 11 is 0. The van der Waals surface area contributed by atoms with Crippen LogP contribution in [0.2, 0.25) is 0 Å². The number of piperazine rings is 1. The summed E-state index contributed by atoms with van der Waals surface area (Å²) in [5.74, 6) is 1.56. The molecule has 1 N–H and O–H groups in total. The maximum absolute atomic E-state index is 12.3. The highest BCUT2D eigenvalue weighted by atomic mass is 16.5. The van der Waals surface area contributed by atoms with E-state index in [2.05, 4.69) is 25.1 Å². The molecular formula is C18H23N5O2. The Morgan fingerprint density at radius 2 is 2.00 bits per heavy atom. The van der Waals surface area contributed by atoms with Gasteiger partial charge in [-0.2, -0.15) is 0 Å². The number of hydrogen-bond acceptors (Lipinski definition) is 6. The van der Waals surface area contributed by atoms with E-state index in [9.17, 15) is 4.79 Å². The fraction of sp³-hybridized carbons (Fsp3) is 0.389. The van der Waals surface area contributed by atoms with Gasteiger partial charge in [-0.25, -0.2) is 4.98 Å². The van der Waals surface area contributed by atoms with Gasteiger partial charge in [0.25, 0.3) is 0 Å². The van der Waals surface area contributed by atoms with Crippen LogP contribution in [-0.2, 0) is 4.79 Å². The smallest absolute Gasteiger partial charge is 0.238 e. The van der Waals surface area contributed by atoms with Crippen molar-refractivity contribution < 1.29 is 9.53 Å². The summed E-state index contributed by atoms with van der Waals surface area (Å²) in [6.07, 6.45) is 5.14. The van der Waals surface area contributed by atoms with E-state index in [0.717, 1.165) is 32.0 Å². The minimum Gasteiger partial charge on any atom is -0.492 e. The molecule has 7 heteroatoms. The van der Waals surface area contributed by atoms with Gasteiger partial charge >= 0.3 is 0 Å². The average molecular weight is 341 g/mol. The third-order valence-corrected chi connectivity index (χ3v) is 4.07. The van der Waals surface area contributed by atoms with Gasteiger partial charge in [0.15, 0.2) is 0 Å². The third-order valence-electron chi connectivity index (χ3n) is 4.07. The number of nitrogens with zero attached hydrogens (tertiary/aromatic N) is 4. The number of amides is 1. The number of hydrogen-bond donors (Lipinski definition) is 1. The minimum absolute atomic E-state index is 0.0277. The molecule has 2 aromatic rings. The van der Waals surface area contributed by atoms with Gasteiger partial charge in [-0.1, -0.05) is 12.1 Å². The van der Waals surface area contributed by atoms with Crippen molar-refractivity contribution in [3.8, 4) is 5.75 Å². The molecule has 0 unspecified atom stereocenters. The first-order chi connectivity index (χ1) is 12.3. The van der Waals surface area contributed by atoms with Crippen molar-refractivity contribution >= 4 is 17.4 Å². The molecular weight excluding hydrogens is 318 g/mol. The lowest BCUT2D eigenvalue weighted by molar-refractivity contribution is -0.117. The molecule has 0 spiro atoms. The van der Waals surface area contributed by atoms with Gasteiger partial charge in [-0.15, -0.1) is 0 Å². The number of nitrogens with one attached hydrogen (secondary N) is 1. The van der Waals surface area contributed by atoms with Gasteiger partial charge in [0.2, 0.25) is 5.91 Å². The zero-order chi connectivity index (χ0) is 17.5. The molecule has 3 rings (SSSR count). The topological polar surface area (TPSA) is 70.6 Å². The molecule has 1 saturated heterocycles. The van der Waals surface area contributed by atoms with E-state index < -0.39 is 0 Å². The first-order valence-electron chi connectivity index (χ1n) is 8.51. The van der Waals surface area contributed by atoms with Crippen LogP contribution >= 0.6 is 0 Å². The highest BCUT2D eigenvalue weighted by molar-refractivity contribution is 5.93. The maximum Gasteiger partial charge on any atom is 0.238 e. The summed E-state index contributed by atoms with van der Waals surface area (Å²) in [6.45, 7) is 6.17. The molecule has 7 nitrogen and oxygen atoms in total. The average Bonchev–Trinajstić information content (AvgIpc) is 2.65. The van der Waals surface area contributed by atoms with Crippen molar-refractivity contribution in [2.24, 2.45) is 0 Å². The zero-order valence-corrected chi connectivity index (χ0v) is 14.4. The van der Waals surface area contributed by atoms with E-state index in [1.54, 1.807) is 18.6 Å². The van der Waals surface area contributed by atoms with E-state index in [1.807, 2.05) is 31.2 Å². The van der Waals surface area contributed by atoms with E-state index >= 15 is 0 Å².